The number of aliphatic carboxylic acids is 1. The van der Waals surface area contributed by atoms with Gasteiger partial charge >= 0.3 is 5.97 Å². The molecule has 2 rings (SSSR count). The number of nitrogens with one attached hydrogen (secondary N) is 1. The summed E-state index contributed by atoms with van der Waals surface area (Å²) in [6.07, 6.45) is 1.07. The Morgan fingerprint density at radius 1 is 1.28 bits per heavy atom. The summed E-state index contributed by atoms with van der Waals surface area (Å²) < 4.78 is 0. The second kappa shape index (κ2) is 7.79. The highest BCUT2D eigenvalue weighted by Gasteiger charge is 2.38. The molecule has 0 unspecified atom stereocenters. The van der Waals surface area contributed by atoms with Gasteiger partial charge in [-0.2, -0.15) is 0 Å². The van der Waals surface area contributed by atoms with Crippen LogP contribution in [0, 0.1) is 12.5 Å². The minimum absolute atomic E-state index is 0.186. The van der Waals surface area contributed by atoms with E-state index < -0.39 is 24.0 Å². The molecule has 7 nitrogen and oxygen atoms in total. The lowest BCUT2D eigenvalue weighted by molar-refractivity contribution is -0.149. The fourth-order valence-corrected chi connectivity index (χ4v) is 2.89. The van der Waals surface area contributed by atoms with Crippen LogP contribution in [0.4, 0.5) is 5.69 Å². The van der Waals surface area contributed by atoms with Crippen LogP contribution in [0.25, 0.3) is 4.85 Å². The molecule has 7 heteroatoms. The lowest BCUT2D eigenvalue weighted by Crippen LogP contribution is -2.53. The maximum absolute atomic E-state index is 12.8. The zero-order chi connectivity index (χ0) is 18.6. The lowest BCUT2D eigenvalue weighted by atomic mass is 10.0. The van der Waals surface area contributed by atoms with Crippen LogP contribution in [-0.2, 0) is 9.59 Å². The van der Waals surface area contributed by atoms with Crippen LogP contribution < -0.4 is 5.32 Å². The van der Waals surface area contributed by atoms with Crippen molar-refractivity contribution >= 4 is 23.5 Å². The van der Waals surface area contributed by atoms with Gasteiger partial charge in [-0.1, -0.05) is 38.1 Å². The molecule has 25 heavy (non-hydrogen) atoms. The predicted octanol–water partition coefficient (Wildman–Crippen LogP) is 2.07. The predicted molar refractivity (Wildman–Crippen MR) is 91.2 cm³/mol. The monoisotopic (exact) mass is 343 g/mol. The van der Waals surface area contributed by atoms with E-state index in [4.69, 9.17) is 6.57 Å². The summed E-state index contributed by atoms with van der Waals surface area (Å²) in [6.45, 7) is 10.9. The van der Waals surface area contributed by atoms with Crippen LogP contribution in [0.15, 0.2) is 24.3 Å². The Balaban J connectivity index is 2.14. The zero-order valence-electron chi connectivity index (χ0n) is 14.2. The Morgan fingerprint density at radius 2 is 1.92 bits per heavy atom. The van der Waals surface area contributed by atoms with Gasteiger partial charge in [0, 0.05) is 12.1 Å². The van der Waals surface area contributed by atoms with Crippen molar-refractivity contribution in [2.75, 3.05) is 6.54 Å². The molecule has 0 saturated carbocycles. The number of amides is 2. The van der Waals surface area contributed by atoms with Crippen LogP contribution in [0.5, 0.6) is 0 Å². The molecule has 1 aliphatic rings. The number of benzene rings is 1. The van der Waals surface area contributed by atoms with Crippen LogP contribution in [0.2, 0.25) is 0 Å². The largest absolute Gasteiger partial charge is 0.480 e. The lowest BCUT2D eigenvalue weighted by Gasteiger charge is -2.29. The second-order valence-electron chi connectivity index (χ2n) is 6.38. The average Bonchev–Trinajstić information content (AvgIpc) is 3.08. The summed E-state index contributed by atoms with van der Waals surface area (Å²) in [5, 5.41) is 12.0. The molecule has 0 bridgehead atoms. The SMILES string of the molecule is [C-]#[N+]c1ccc(C(=O)N[C@H](C(=O)N2CCC[C@H]2C(=O)O)C(C)C)cc1. The summed E-state index contributed by atoms with van der Waals surface area (Å²) in [7, 11) is 0. The number of nitrogens with zero attached hydrogens (tertiary/aromatic N) is 2. The number of hydrogen-bond acceptors (Lipinski definition) is 3. The minimum atomic E-state index is -1.02. The first-order chi connectivity index (χ1) is 11.8. The third-order valence-electron chi connectivity index (χ3n) is 4.30. The molecule has 1 saturated heterocycles. The highest BCUT2D eigenvalue weighted by molar-refractivity contribution is 5.98. The fourth-order valence-electron chi connectivity index (χ4n) is 2.89. The maximum Gasteiger partial charge on any atom is 0.326 e. The molecule has 1 aromatic rings. The first kappa shape index (κ1) is 18.5. The third-order valence-corrected chi connectivity index (χ3v) is 4.30. The van der Waals surface area contributed by atoms with Crippen molar-refractivity contribution in [1.82, 2.24) is 10.2 Å². The van der Waals surface area contributed by atoms with E-state index in [1.165, 1.54) is 29.2 Å². The molecule has 132 valence electrons. The van der Waals surface area contributed by atoms with Gasteiger partial charge in [-0.3, -0.25) is 9.59 Å². The van der Waals surface area contributed by atoms with Crippen LogP contribution in [-0.4, -0.2) is 46.4 Å². The Kier molecular flexibility index (Phi) is 5.75. The van der Waals surface area contributed by atoms with Crippen molar-refractivity contribution < 1.29 is 19.5 Å². The molecular weight excluding hydrogens is 322 g/mol. The molecule has 0 aliphatic carbocycles. The van der Waals surface area contributed by atoms with Crippen molar-refractivity contribution in [2.45, 2.75) is 38.8 Å². The summed E-state index contributed by atoms with van der Waals surface area (Å²) in [5.41, 5.74) is 0.774. The van der Waals surface area contributed by atoms with Gasteiger partial charge < -0.3 is 15.3 Å². The van der Waals surface area contributed by atoms with E-state index in [9.17, 15) is 19.5 Å². The van der Waals surface area contributed by atoms with Gasteiger partial charge in [0.05, 0.1) is 6.57 Å². The van der Waals surface area contributed by atoms with Gasteiger partial charge in [-0.25, -0.2) is 9.64 Å². The van der Waals surface area contributed by atoms with Crippen LogP contribution >= 0.6 is 0 Å². The second-order valence-corrected chi connectivity index (χ2v) is 6.38. The highest BCUT2D eigenvalue weighted by Crippen LogP contribution is 2.21. The molecule has 1 aromatic carbocycles. The van der Waals surface area contributed by atoms with E-state index in [0.29, 0.717) is 30.6 Å². The van der Waals surface area contributed by atoms with Gasteiger partial charge in [0.1, 0.15) is 12.1 Å². The van der Waals surface area contributed by atoms with E-state index in [1.54, 1.807) is 13.8 Å². The standard InChI is InChI=1S/C18H21N3O4/c1-11(2)15(17(23)21-10-4-5-14(21)18(24)25)20-16(22)12-6-8-13(19-3)9-7-12/h6-9,11,14-15H,4-5,10H2,1-2H3,(H,20,22)(H,24,25)/t14-,15-/m0/s1. The van der Waals surface area contributed by atoms with Crippen LogP contribution in [0.3, 0.4) is 0 Å². The highest BCUT2D eigenvalue weighted by atomic mass is 16.4. The molecule has 2 N–H and O–H groups in total. The number of rotatable bonds is 5. The summed E-state index contributed by atoms with van der Waals surface area (Å²) in [6, 6.07) is 4.50. The molecule has 1 aliphatic heterocycles. The zero-order valence-corrected chi connectivity index (χ0v) is 14.2. The Labute approximate surface area is 146 Å². The smallest absolute Gasteiger partial charge is 0.326 e. The normalized spacial score (nSPS) is 17.8. The van der Waals surface area contributed by atoms with Gasteiger partial charge in [-0.05, 0) is 18.8 Å². The number of hydrogen-bond donors (Lipinski definition) is 2. The van der Waals surface area contributed by atoms with E-state index >= 15 is 0 Å². The summed E-state index contributed by atoms with van der Waals surface area (Å²) in [5.74, 6) is -2.00. The van der Waals surface area contributed by atoms with E-state index in [0.717, 1.165) is 0 Å². The Morgan fingerprint density at radius 3 is 2.44 bits per heavy atom. The molecule has 2 amide bonds. The van der Waals surface area contributed by atoms with Crippen molar-refractivity contribution in [1.29, 1.82) is 0 Å². The van der Waals surface area contributed by atoms with E-state index in [2.05, 4.69) is 10.2 Å². The summed E-state index contributed by atoms with van der Waals surface area (Å²) in [4.78, 5) is 41.1. The quantitative estimate of drug-likeness (QED) is 0.801. The first-order valence-corrected chi connectivity index (χ1v) is 8.16. The van der Waals surface area contributed by atoms with Crippen LogP contribution in [0.1, 0.15) is 37.0 Å². The van der Waals surface area contributed by atoms with E-state index in [1.807, 2.05) is 0 Å². The van der Waals surface area contributed by atoms with Crippen molar-refractivity contribution in [3.63, 3.8) is 0 Å². The number of likely N-dealkylation sites (tertiary alicyclic amines) is 1. The van der Waals surface area contributed by atoms with Crippen molar-refractivity contribution in [2.24, 2.45) is 5.92 Å². The Hall–Kier alpha value is -2.88. The number of carbonyl (C=O) groups excluding carboxylic acids is 2. The number of carboxylic acid groups (broad SMARTS) is 1. The summed E-state index contributed by atoms with van der Waals surface area (Å²) >= 11 is 0. The maximum atomic E-state index is 12.8. The van der Waals surface area contributed by atoms with Gasteiger partial charge in [0.25, 0.3) is 5.91 Å². The minimum Gasteiger partial charge on any atom is -0.480 e. The third kappa shape index (κ3) is 4.15. The first-order valence-electron chi connectivity index (χ1n) is 8.16. The number of carbonyl (C=O) groups is 3. The molecule has 0 spiro atoms. The fraction of sp³-hybridized carbons (Fsp3) is 0.444. The van der Waals surface area contributed by atoms with Gasteiger partial charge in [0.15, 0.2) is 5.69 Å². The van der Waals surface area contributed by atoms with Gasteiger partial charge in [-0.15, -0.1) is 0 Å². The average molecular weight is 343 g/mol. The van der Waals surface area contributed by atoms with Gasteiger partial charge in [0.2, 0.25) is 5.91 Å². The molecule has 1 heterocycles. The number of carboxylic acids is 1. The van der Waals surface area contributed by atoms with Crippen molar-refractivity contribution in [3.05, 3.63) is 41.2 Å². The molecule has 0 aromatic heterocycles. The topological polar surface area (TPSA) is 91.1 Å². The molecule has 0 radical (unpaired) electrons. The van der Waals surface area contributed by atoms with Crippen molar-refractivity contribution in [3.8, 4) is 0 Å². The molecule has 1 fully saturated rings. The van der Waals surface area contributed by atoms with E-state index in [-0.39, 0.29) is 11.8 Å². The molecule has 2 atom stereocenters. The Bertz CT molecular complexity index is 706. The molecular formula is C18H21N3O4.